The van der Waals surface area contributed by atoms with Crippen LogP contribution in [0.5, 0.6) is 0 Å². The molecule has 1 aliphatic heterocycles. The molecule has 0 aliphatic carbocycles. The van der Waals surface area contributed by atoms with E-state index in [4.69, 9.17) is 11.6 Å². The van der Waals surface area contributed by atoms with Crippen molar-refractivity contribution in [2.75, 3.05) is 18.8 Å². The minimum Gasteiger partial charge on any atom is -0.336 e. The van der Waals surface area contributed by atoms with Gasteiger partial charge in [-0.3, -0.25) is 4.79 Å². The topological polar surface area (TPSA) is 46.1 Å². The minimum atomic E-state index is -0.0579. The first-order valence-electron chi connectivity index (χ1n) is 5.89. The first-order valence-corrected chi connectivity index (χ1v) is 7.25. The van der Waals surface area contributed by atoms with Crippen LogP contribution in [0.1, 0.15) is 30.8 Å². The largest absolute Gasteiger partial charge is 0.336 e. The highest BCUT2D eigenvalue weighted by atomic mass is 35.5. The normalized spacial score (nSPS) is 19.4. The van der Waals surface area contributed by atoms with Gasteiger partial charge in [0.15, 0.2) is 0 Å². The summed E-state index contributed by atoms with van der Waals surface area (Å²) in [6, 6.07) is 0. The third-order valence-electron chi connectivity index (χ3n) is 2.96. The molecule has 0 atom stereocenters. The minimum absolute atomic E-state index is 0.0579. The zero-order chi connectivity index (χ0) is 13.2. The number of carbonyl (C=O) groups is 1. The summed E-state index contributed by atoms with van der Waals surface area (Å²) in [4.78, 5) is 22.0. The summed E-state index contributed by atoms with van der Waals surface area (Å²) in [5.41, 5.74) is 0.365. The summed E-state index contributed by atoms with van der Waals surface area (Å²) in [6.07, 6.45) is 3.84. The highest BCUT2D eigenvalue weighted by molar-refractivity contribution is 8.00. The Balaban J connectivity index is 2.07. The fourth-order valence-electron chi connectivity index (χ4n) is 1.81. The van der Waals surface area contributed by atoms with Crippen LogP contribution < -0.4 is 0 Å². The van der Waals surface area contributed by atoms with Crippen molar-refractivity contribution in [1.82, 2.24) is 14.9 Å². The van der Waals surface area contributed by atoms with Gasteiger partial charge >= 0.3 is 0 Å². The summed E-state index contributed by atoms with van der Waals surface area (Å²) < 4.78 is 0.237. The van der Waals surface area contributed by atoms with E-state index in [9.17, 15) is 4.79 Å². The quantitative estimate of drug-likeness (QED) is 0.795. The fraction of sp³-hybridized carbons (Fsp3) is 0.583. The van der Waals surface area contributed by atoms with E-state index in [2.05, 4.69) is 23.8 Å². The van der Waals surface area contributed by atoms with Crippen molar-refractivity contribution in [2.45, 2.75) is 25.0 Å². The predicted octanol–water partition coefficient (Wildman–Crippen LogP) is 2.49. The monoisotopic (exact) mass is 285 g/mol. The van der Waals surface area contributed by atoms with Gasteiger partial charge in [0.2, 0.25) is 0 Å². The summed E-state index contributed by atoms with van der Waals surface area (Å²) in [5.74, 6) is 0.900. The Kier molecular flexibility index (Phi) is 4.12. The lowest BCUT2D eigenvalue weighted by molar-refractivity contribution is 0.0758. The molecule has 1 aliphatic rings. The van der Waals surface area contributed by atoms with Gasteiger partial charge in [-0.25, -0.2) is 9.97 Å². The molecule has 1 aromatic heterocycles. The average Bonchev–Trinajstić information content (AvgIpc) is 2.50. The first kappa shape index (κ1) is 13.6. The van der Waals surface area contributed by atoms with Gasteiger partial charge in [0, 0.05) is 23.6 Å². The van der Waals surface area contributed by atoms with Crippen LogP contribution in [-0.2, 0) is 0 Å². The average molecular weight is 286 g/mol. The van der Waals surface area contributed by atoms with Crippen LogP contribution in [0.15, 0.2) is 12.4 Å². The van der Waals surface area contributed by atoms with E-state index in [1.54, 1.807) is 0 Å². The van der Waals surface area contributed by atoms with Crippen LogP contribution >= 0.6 is 23.4 Å². The number of nitrogens with zero attached hydrogens (tertiary/aromatic N) is 3. The number of aromatic nitrogens is 2. The van der Waals surface area contributed by atoms with E-state index in [-0.39, 0.29) is 10.7 Å². The van der Waals surface area contributed by atoms with Crippen molar-refractivity contribution < 1.29 is 4.79 Å². The first-order chi connectivity index (χ1) is 8.48. The van der Waals surface area contributed by atoms with Crippen LogP contribution in [0, 0.1) is 0 Å². The van der Waals surface area contributed by atoms with E-state index in [1.165, 1.54) is 12.4 Å². The second-order valence-electron chi connectivity index (χ2n) is 4.87. The molecule has 4 nitrogen and oxygen atoms in total. The van der Waals surface area contributed by atoms with Crippen molar-refractivity contribution in [3.8, 4) is 0 Å². The summed E-state index contributed by atoms with van der Waals surface area (Å²) in [7, 11) is 0. The van der Waals surface area contributed by atoms with E-state index < -0.39 is 0 Å². The molecule has 1 amide bonds. The Morgan fingerprint density at radius 3 is 2.83 bits per heavy atom. The lowest BCUT2D eigenvalue weighted by Gasteiger charge is -2.22. The number of hydrogen-bond acceptors (Lipinski definition) is 4. The van der Waals surface area contributed by atoms with Crippen molar-refractivity contribution in [2.24, 2.45) is 0 Å². The van der Waals surface area contributed by atoms with Gasteiger partial charge in [0.05, 0.1) is 12.4 Å². The van der Waals surface area contributed by atoms with Crippen molar-refractivity contribution in [1.29, 1.82) is 0 Å². The molecule has 18 heavy (non-hydrogen) atoms. The zero-order valence-corrected chi connectivity index (χ0v) is 12.1. The SMILES string of the molecule is CC1(C)CCN(C(=O)c2cnc(Cl)cn2)CCS1. The molecule has 0 radical (unpaired) electrons. The maximum atomic E-state index is 12.2. The molecular weight excluding hydrogens is 270 g/mol. The standard InChI is InChI=1S/C12H16ClN3OS/c1-12(2)3-4-16(5-6-18-12)11(17)9-7-15-10(13)8-14-9/h7-8H,3-6H2,1-2H3. The maximum Gasteiger partial charge on any atom is 0.274 e. The zero-order valence-electron chi connectivity index (χ0n) is 10.5. The lowest BCUT2D eigenvalue weighted by atomic mass is 10.1. The number of rotatable bonds is 1. The Bertz CT molecular complexity index is 435. The molecule has 0 bridgehead atoms. The van der Waals surface area contributed by atoms with Crippen molar-refractivity contribution in [3.05, 3.63) is 23.2 Å². The van der Waals surface area contributed by atoms with Crippen LogP contribution in [0.3, 0.4) is 0 Å². The summed E-state index contributed by atoms with van der Waals surface area (Å²) in [5, 5.41) is 0.305. The van der Waals surface area contributed by atoms with Gasteiger partial charge in [-0.1, -0.05) is 25.4 Å². The molecular formula is C12H16ClN3OS. The Morgan fingerprint density at radius 1 is 1.39 bits per heavy atom. The third kappa shape index (κ3) is 3.36. The molecule has 0 unspecified atom stereocenters. The van der Waals surface area contributed by atoms with Gasteiger partial charge in [-0.2, -0.15) is 11.8 Å². The highest BCUT2D eigenvalue weighted by Crippen LogP contribution is 2.30. The molecule has 0 saturated carbocycles. The number of thioether (sulfide) groups is 1. The van der Waals surface area contributed by atoms with Crippen molar-refractivity contribution >= 4 is 29.3 Å². The molecule has 0 aromatic carbocycles. The maximum absolute atomic E-state index is 12.2. The van der Waals surface area contributed by atoms with Crippen LogP contribution in [-0.4, -0.2) is 44.4 Å². The molecule has 1 saturated heterocycles. The van der Waals surface area contributed by atoms with Gasteiger partial charge in [0.25, 0.3) is 5.91 Å². The van der Waals surface area contributed by atoms with Gasteiger partial charge < -0.3 is 4.90 Å². The molecule has 0 spiro atoms. The second kappa shape index (κ2) is 5.45. The molecule has 0 N–H and O–H groups in total. The van der Waals surface area contributed by atoms with Crippen molar-refractivity contribution in [3.63, 3.8) is 0 Å². The van der Waals surface area contributed by atoms with Crippen LogP contribution in [0.25, 0.3) is 0 Å². The number of halogens is 1. The molecule has 98 valence electrons. The number of carbonyl (C=O) groups excluding carboxylic acids is 1. The van der Waals surface area contributed by atoms with Gasteiger partial charge in [0.1, 0.15) is 10.8 Å². The second-order valence-corrected chi connectivity index (χ2v) is 7.06. The van der Waals surface area contributed by atoms with E-state index in [0.717, 1.165) is 25.3 Å². The van der Waals surface area contributed by atoms with E-state index in [1.807, 2.05) is 16.7 Å². The third-order valence-corrected chi connectivity index (χ3v) is 4.53. The summed E-state index contributed by atoms with van der Waals surface area (Å²) >= 11 is 7.57. The van der Waals surface area contributed by atoms with Crippen LogP contribution in [0.2, 0.25) is 5.15 Å². The number of hydrogen-bond donors (Lipinski definition) is 0. The number of amides is 1. The molecule has 2 heterocycles. The Hall–Kier alpha value is -0.810. The Labute approximate surface area is 116 Å². The predicted molar refractivity (Wildman–Crippen MR) is 74.1 cm³/mol. The van der Waals surface area contributed by atoms with Gasteiger partial charge in [-0.05, 0) is 6.42 Å². The fourth-order valence-corrected chi connectivity index (χ4v) is 3.01. The highest BCUT2D eigenvalue weighted by Gasteiger charge is 2.26. The van der Waals surface area contributed by atoms with E-state index >= 15 is 0 Å². The summed E-state index contributed by atoms with van der Waals surface area (Å²) in [6.45, 7) is 5.96. The van der Waals surface area contributed by atoms with Crippen LogP contribution in [0.4, 0.5) is 0 Å². The van der Waals surface area contributed by atoms with Gasteiger partial charge in [-0.15, -0.1) is 0 Å². The Morgan fingerprint density at radius 2 is 2.17 bits per heavy atom. The smallest absolute Gasteiger partial charge is 0.274 e. The molecule has 1 fully saturated rings. The lowest BCUT2D eigenvalue weighted by Crippen LogP contribution is -2.34. The molecule has 1 aromatic rings. The molecule has 2 rings (SSSR count). The van der Waals surface area contributed by atoms with E-state index in [0.29, 0.717) is 10.8 Å². The molecule has 6 heteroatoms.